The van der Waals surface area contributed by atoms with Crippen molar-refractivity contribution in [2.75, 3.05) is 19.7 Å². The van der Waals surface area contributed by atoms with Crippen LogP contribution in [-0.4, -0.2) is 25.7 Å². The normalized spacial score (nSPS) is 23.6. The summed E-state index contributed by atoms with van der Waals surface area (Å²) in [7, 11) is 0. The van der Waals surface area contributed by atoms with Crippen molar-refractivity contribution < 1.29 is 9.53 Å². The lowest BCUT2D eigenvalue weighted by Crippen LogP contribution is -2.26. The van der Waals surface area contributed by atoms with Gasteiger partial charge >= 0.3 is 5.97 Å². The van der Waals surface area contributed by atoms with Crippen LogP contribution in [0, 0.1) is 11.8 Å². The minimum Gasteiger partial charge on any atom is -0.466 e. The fraction of sp³-hybridized carbons (Fsp3) is 0.500. The predicted molar refractivity (Wildman–Crippen MR) is 66.6 cm³/mol. The first-order chi connectivity index (χ1) is 8.31. The van der Waals surface area contributed by atoms with Crippen molar-refractivity contribution in [3.63, 3.8) is 0 Å². The summed E-state index contributed by atoms with van der Waals surface area (Å²) in [5.74, 6) is 0.310. The molecule has 2 atom stereocenters. The Morgan fingerprint density at radius 3 is 2.82 bits per heavy atom. The molecule has 3 heteroatoms. The molecule has 0 amide bonds. The van der Waals surface area contributed by atoms with Crippen molar-refractivity contribution in [1.29, 1.82) is 0 Å². The van der Waals surface area contributed by atoms with Crippen LogP contribution in [0.2, 0.25) is 0 Å². The van der Waals surface area contributed by atoms with Gasteiger partial charge in [0.05, 0.1) is 12.5 Å². The monoisotopic (exact) mass is 233 g/mol. The lowest BCUT2D eigenvalue weighted by molar-refractivity contribution is -0.148. The first-order valence-electron chi connectivity index (χ1n) is 6.22. The van der Waals surface area contributed by atoms with Gasteiger partial charge < -0.3 is 10.1 Å². The molecule has 2 rings (SSSR count). The van der Waals surface area contributed by atoms with Gasteiger partial charge in [0.1, 0.15) is 0 Å². The number of esters is 1. The Kier molecular flexibility index (Phi) is 4.15. The summed E-state index contributed by atoms with van der Waals surface area (Å²) in [6.07, 6.45) is 0.942. The van der Waals surface area contributed by atoms with E-state index in [2.05, 4.69) is 17.4 Å². The lowest BCUT2D eigenvalue weighted by Gasteiger charge is -2.16. The van der Waals surface area contributed by atoms with Crippen LogP contribution in [0.5, 0.6) is 0 Å². The Morgan fingerprint density at radius 1 is 1.35 bits per heavy atom. The molecule has 0 aromatic heterocycles. The van der Waals surface area contributed by atoms with Gasteiger partial charge in [0.15, 0.2) is 0 Å². The highest BCUT2D eigenvalue weighted by Gasteiger charge is 2.33. The van der Waals surface area contributed by atoms with Crippen molar-refractivity contribution in [3.8, 4) is 0 Å². The summed E-state index contributed by atoms with van der Waals surface area (Å²) >= 11 is 0. The first kappa shape index (κ1) is 12.1. The van der Waals surface area contributed by atoms with E-state index in [1.54, 1.807) is 0 Å². The molecule has 92 valence electrons. The van der Waals surface area contributed by atoms with Gasteiger partial charge in [-0.1, -0.05) is 30.3 Å². The van der Waals surface area contributed by atoms with Crippen LogP contribution < -0.4 is 5.32 Å². The third-order valence-electron chi connectivity index (χ3n) is 3.27. The maximum atomic E-state index is 11.8. The van der Waals surface area contributed by atoms with Gasteiger partial charge in [0.25, 0.3) is 0 Å². The molecule has 1 heterocycles. The number of hydrogen-bond acceptors (Lipinski definition) is 3. The molecular formula is C14H19NO2. The molecule has 1 saturated heterocycles. The quantitative estimate of drug-likeness (QED) is 0.803. The van der Waals surface area contributed by atoms with Crippen LogP contribution in [0.25, 0.3) is 0 Å². The summed E-state index contributed by atoms with van der Waals surface area (Å²) in [5.41, 5.74) is 1.29. The second-order valence-corrected chi connectivity index (χ2v) is 4.47. The average Bonchev–Trinajstić information content (AvgIpc) is 2.79. The number of benzene rings is 1. The Hall–Kier alpha value is -1.35. The molecule has 1 aliphatic heterocycles. The topological polar surface area (TPSA) is 38.3 Å². The third-order valence-corrected chi connectivity index (χ3v) is 3.27. The number of hydrogen-bond donors (Lipinski definition) is 1. The van der Waals surface area contributed by atoms with Crippen molar-refractivity contribution >= 4 is 5.97 Å². The average molecular weight is 233 g/mol. The van der Waals surface area contributed by atoms with Gasteiger partial charge in [-0.05, 0) is 31.4 Å². The number of carbonyl (C=O) groups is 1. The van der Waals surface area contributed by atoms with E-state index >= 15 is 0 Å². The van der Waals surface area contributed by atoms with E-state index in [0.717, 1.165) is 19.5 Å². The van der Waals surface area contributed by atoms with Crippen LogP contribution in [0.4, 0.5) is 0 Å². The Labute approximate surface area is 102 Å². The molecule has 3 nitrogen and oxygen atoms in total. The molecule has 0 aliphatic carbocycles. The van der Waals surface area contributed by atoms with E-state index in [0.29, 0.717) is 12.5 Å². The maximum absolute atomic E-state index is 11.8. The molecule has 1 aromatic rings. The fourth-order valence-electron chi connectivity index (χ4n) is 2.39. The summed E-state index contributed by atoms with van der Waals surface area (Å²) in [6, 6.07) is 10.3. The smallest absolute Gasteiger partial charge is 0.310 e. The summed E-state index contributed by atoms with van der Waals surface area (Å²) in [6.45, 7) is 3.97. The number of rotatable bonds is 4. The number of carbonyl (C=O) groups excluding carboxylic acids is 1. The molecule has 0 saturated carbocycles. The van der Waals surface area contributed by atoms with Gasteiger partial charge in [-0.25, -0.2) is 0 Å². The van der Waals surface area contributed by atoms with Gasteiger partial charge in [-0.3, -0.25) is 4.79 Å². The summed E-state index contributed by atoms with van der Waals surface area (Å²) in [5, 5.41) is 3.28. The number of nitrogens with one attached hydrogen (secondary N) is 1. The molecule has 0 unspecified atom stereocenters. The highest BCUT2D eigenvalue weighted by atomic mass is 16.5. The highest BCUT2D eigenvalue weighted by molar-refractivity contribution is 5.73. The Bertz CT molecular complexity index is 364. The summed E-state index contributed by atoms with van der Waals surface area (Å²) in [4.78, 5) is 11.8. The minimum atomic E-state index is -0.0570. The van der Waals surface area contributed by atoms with E-state index in [1.165, 1.54) is 5.56 Å². The van der Waals surface area contributed by atoms with Gasteiger partial charge in [0, 0.05) is 6.54 Å². The summed E-state index contributed by atoms with van der Waals surface area (Å²) < 4.78 is 5.11. The Balaban J connectivity index is 1.98. The van der Waals surface area contributed by atoms with Crippen LogP contribution in [-0.2, 0) is 16.0 Å². The lowest BCUT2D eigenvalue weighted by atomic mass is 9.90. The van der Waals surface area contributed by atoms with Crippen molar-refractivity contribution in [2.45, 2.75) is 13.3 Å². The van der Waals surface area contributed by atoms with Crippen LogP contribution in [0.15, 0.2) is 30.3 Å². The zero-order chi connectivity index (χ0) is 12.1. The zero-order valence-corrected chi connectivity index (χ0v) is 10.2. The van der Waals surface area contributed by atoms with E-state index < -0.39 is 0 Å². The van der Waals surface area contributed by atoms with Gasteiger partial charge in [-0.15, -0.1) is 0 Å². The van der Waals surface area contributed by atoms with Crippen LogP contribution in [0.1, 0.15) is 12.5 Å². The predicted octanol–water partition coefficient (Wildman–Crippen LogP) is 1.63. The van der Waals surface area contributed by atoms with Crippen molar-refractivity contribution in [2.24, 2.45) is 11.8 Å². The second-order valence-electron chi connectivity index (χ2n) is 4.47. The first-order valence-corrected chi connectivity index (χ1v) is 6.22. The number of ether oxygens (including phenoxy) is 1. The van der Waals surface area contributed by atoms with E-state index in [4.69, 9.17) is 4.74 Å². The standard InChI is InChI=1S/C14H19NO2/c1-2-17-14(16)13-10-15-9-12(13)8-11-6-4-3-5-7-11/h3-7,12-13,15H,2,8-10H2,1H3/t12-,13-/m0/s1. The van der Waals surface area contributed by atoms with Crippen molar-refractivity contribution in [1.82, 2.24) is 5.32 Å². The molecule has 17 heavy (non-hydrogen) atoms. The van der Waals surface area contributed by atoms with Gasteiger partial charge in [0.2, 0.25) is 0 Å². The Morgan fingerprint density at radius 2 is 2.12 bits per heavy atom. The highest BCUT2D eigenvalue weighted by Crippen LogP contribution is 2.22. The maximum Gasteiger partial charge on any atom is 0.310 e. The molecule has 1 fully saturated rings. The second kappa shape index (κ2) is 5.82. The molecule has 1 aromatic carbocycles. The largest absolute Gasteiger partial charge is 0.466 e. The minimum absolute atomic E-state index is 0.00940. The molecule has 1 N–H and O–H groups in total. The van der Waals surface area contributed by atoms with Crippen LogP contribution in [0.3, 0.4) is 0 Å². The van der Waals surface area contributed by atoms with Crippen LogP contribution >= 0.6 is 0 Å². The molecular weight excluding hydrogens is 214 g/mol. The molecule has 1 aliphatic rings. The third kappa shape index (κ3) is 3.07. The molecule has 0 bridgehead atoms. The van der Waals surface area contributed by atoms with E-state index in [9.17, 15) is 4.79 Å². The zero-order valence-electron chi connectivity index (χ0n) is 10.2. The molecule has 0 spiro atoms. The van der Waals surface area contributed by atoms with E-state index in [1.807, 2.05) is 25.1 Å². The van der Waals surface area contributed by atoms with E-state index in [-0.39, 0.29) is 11.9 Å². The SMILES string of the molecule is CCOC(=O)[C@H]1CNC[C@@H]1Cc1ccccc1. The van der Waals surface area contributed by atoms with Crippen molar-refractivity contribution in [3.05, 3.63) is 35.9 Å². The molecule has 0 radical (unpaired) electrons. The van der Waals surface area contributed by atoms with Gasteiger partial charge in [-0.2, -0.15) is 0 Å². The fourth-order valence-corrected chi connectivity index (χ4v) is 2.39.